The van der Waals surface area contributed by atoms with Crippen molar-refractivity contribution in [3.05, 3.63) is 0 Å². The van der Waals surface area contributed by atoms with Crippen LogP contribution in [0.4, 0.5) is 0 Å². The van der Waals surface area contributed by atoms with E-state index in [1.807, 2.05) is 19.0 Å². The summed E-state index contributed by atoms with van der Waals surface area (Å²) in [6.07, 6.45) is 0. The zero-order valence-electron chi connectivity index (χ0n) is 8.43. The van der Waals surface area contributed by atoms with E-state index in [0.717, 1.165) is 0 Å². The van der Waals surface area contributed by atoms with Crippen LogP contribution in [0.2, 0.25) is 0 Å². The third kappa shape index (κ3) is 1.24. The maximum absolute atomic E-state index is 11.6. The van der Waals surface area contributed by atoms with Crippen molar-refractivity contribution < 1.29 is 9.59 Å². The molecule has 5 heteroatoms. The maximum atomic E-state index is 11.6. The standard InChI is InChI=1S/C9H15N3O2/c1-11(2)3-4-12-8(13)5-6(7(5)10)9(12)14/h5-7H,3-4,10H2,1-2H3. The Balaban J connectivity index is 1.96. The number of piperidine rings is 1. The third-order valence-corrected chi connectivity index (χ3v) is 2.95. The molecule has 1 saturated carbocycles. The van der Waals surface area contributed by atoms with E-state index in [1.165, 1.54) is 4.90 Å². The summed E-state index contributed by atoms with van der Waals surface area (Å²) in [5, 5.41) is 0. The fourth-order valence-electron chi connectivity index (χ4n) is 1.96. The van der Waals surface area contributed by atoms with Crippen molar-refractivity contribution in [1.82, 2.24) is 9.80 Å². The third-order valence-electron chi connectivity index (χ3n) is 2.95. The van der Waals surface area contributed by atoms with Crippen LogP contribution in [0.5, 0.6) is 0 Å². The minimum absolute atomic E-state index is 0.0747. The van der Waals surface area contributed by atoms with Gasteiger partial charge in [-0.2, -0.15) is 0 Å². The highest BCUT2D eigenvalue weighted by atomic mass is 16.2. The quantitative estimate of drug-likeness (QED) is 0.559. The molecule has 2 aliphatic rings. The number of carbonyl (C=O) groups excluding carboxylic acids is 2. The summed E-state index contributed by atoms with van der Waals surface area (Å²) in [5.41, 5.74) is 5.59. The van der Waals surface area contributed by atoms with Crippen LogP contribution >= 0.6 is 0 Å². The highest BCUT2D eigenvalue weighted by Gasteiger charge is 2.65. The van der Waals surface area contributed by atoms with Gasteiger partial charge in [-0.25, -0.2) is 0 Å². The van der Waals surface area contributed by atoms with Crippen LogP contribution in [-0.4, -0.2) is 54.8 Å². The number of imide groups is 1. The summed E-state index contributed by atoms with van der Waals surface area (Å²) in [4.78, 5) is 26.5. The van der Waals surface area contributed by atoms with Gasteiger partial charge in [0.1, 0.15) is 0 Å². The lowest BCUT2D eigenvalue weighted by molar-refractivity contribution is -0.141. The van der Waals surface area contributed by atoms with Crippen molar-refractivity contribution in [2.75, 3.05) is 27.2 Å². The highest BCUT2D eigenvalue weighted by molar-refractivity contribution is 6.10. The van der Waals surface area contributed by atoms with Crippen molar-refractivity contribution in [2.24, 2.45) is 17.6 Å². The lowest BCUT2D eigenvalue weighted by Gasteiger charge is -2.19. The predicted molar refractivity (Wildman–Crippen MR) is 50.2 cm³/mol. The summed E-state index contributed by atoms with van der Waals surface area (Å²) in [6, 6.07) is -0.203. The molecule has 2 N–H and O–H groups in total. The minimum Gasteiger partial charge on any atom is -0.326 e. The molecule has 0 bridgehead atoms. The van der Waals surface area contributed by atoms with Gasteiger partial charge in [0.15, 0.2) is 0 Å². The summed E-state index contributed by atoms with van der Waals surface area (Å²) < 4.78 is 0. The number of amides is 2. The molecule has 2 amide bonds. The molecule has 1 heterocycles. The molecule has 78 valence electrons. The number of hydrogen-bond donors (Lipinski definition) is 1. The van der Waals surface area contributed by atoms with Gasteiger partial charge in [-0.15, -0.1) is 0 Å². The molecule has 2 unspecified atom stereocenters. The molecule has 0 spiro atoms. The van der Waals surface area contributed by atoms with Gasteiger partial charge in [0.25, 0.3) is 0 Å². The summed E-state index contributed by atoms with van der Waals surface area (Å²) in [7, 11) is 3.83. The van der Waals surface area contributed by atoms with E-state index in [4.69, 9.17) is 5.73 Å². The van der Waals surface area contributed by atoms with Crippen molar-refractivity contribution >= 4 is 11.8 Å². The van der Waals surface area contributed by atoms with Gasteiger partial charge in [0.05, 0.1) is 11.8 Å². The van der Waals surface area contributed by atoms with Gasteiger partial charge >= 0.3 is 0 Å². The Morgan fingerprint density at radius 3 is 2.21 bits per heavy atom. The Kier molecular flexibility index (Phi) is 2.08. The number of hydrogen-bond acceptors (Lipinski definition) is 4. The van der Waals surface area contributed by atoms with Crippen LogP contribution in [0.3, 0.4) is 0 Å². The van der Waals surface area contributed by atoms with E-state index in [0.29, 0.717) is 13.1 Å². The fourth-order valence-corrected chi connectivity index (χ4v) is 1.96. The van der Waals surface area contributed by atoms with Crippen LogP contribution in [0.25, 0.3) is 0 Å². The minimum atomic E-state index is -0.204. The van der Waals surface area contributed by atoms with E-state index >= 15 is 0 Å². The Bertz CT molecular complexity index is 268. The van der Waals surface area contributed by atoms with Crippen LogP contribution in [0.1, 0.15) is 0 Å². The largest absolute Gasteiger partial charge is 0.326 e. The second-order valence-electron chi connectivity index (χ2n) is 4.26. The molecule has 1 aliphatic heterocycles. The van der Waals surface area contributed by atoms with E-state index < -0.39 is 0 Å². The predicted octanol–water partition coefficient (Wildman–Crippen LogP) is -1.51. The molecule has 0 aromatic heterocycles. The first-order chi connectivity index (χ1) is 6.54. The van der Waals surface area contributed by atoms with E-state index in [9.17, 15) is 9.59 Å². The maximum Gasteiger partial charge on any atom is 0.234 e. The number of likely N-dealkylation sites (N-methyl/N-ethyl adjacent to an activating group) is 1. The molecule has 0 aromatic rings. The zero-order valence-corrected chi connectivity index (χ0v) is 8.43. The van der Waals surface area contributed by atoms with Gasteiger partial charge in [-0.05, 0) is 14.1 Å². The zero-order chi connectivity index (χ0) is 10.5. The monoisotopic (exact) mass is 197 g/mol. The smallest absolute Gasteiger partial charge is 0.234 e. The van der Waals surface area contributed by atoms with Crippen LogP contribution < -0.4 is 5.73 Å². The van der Waals surface area contributed by atoms with Gasteiger partial charge in [-0.3, -0.25) is 14.5 Å². The first kappa shape index (κ1) is 9.61. The van der Waals surface area contributed by atoms with Crippen molar-refractivity contribution in [3.8, 4) is 0 Å². The van der Waals surface area contributed by atoms with Crippen molar-refractivity contribution in [2.45, 2.75) is 6.04 Å². The molecule has 0 radical (unpaired) electrons. The molecule has 14 heavy (non-hydrogen) atoms. The van der Waals surface area contributed by atoms with Gasteiger partial charge in [0, 0.05) is 19.1 Å². The molecule has 2 rings (SSSR count). The Labute approximate surface area is 82.8 Å². The van der Waals surface area contributed by atoms with Crippen LogP contribution in [0.15, 0.2) is 0 Å². The van der Waals surface area contributed by atoms with Crippen LogP contribution in [-0.2, 0) is 9.59 Å². The normalized spacial score (nSPS) is 35.4. The van der Waals surface area contributed by atoms with Crippen molar-refractivity contribution in [3.63, 3.8) is 0 Å². The molecule has 1 aliphatic carbocycles. The van der Waals surface area contributed by atoms with E-state index in [-0.39, 0.29) is 29.7 Å². The number of likely N-dealkylation sites (tertiary alicyclic amines) is 1. The first-order valence-corrected chi connectivity index (χ1v) is 4.79. The van der Waals surface area contributed by atoms with Crippen molar-refractivity contribution in [1.29, 1.82) is 0 Å². The topological polar surface area (TPSA) is 66.6 Å². The first-order valence-electron chi connectivity index (χ1n) is 4.79. The van der Waals surface area contributed by atoms with Gasteiger partial charge in [0.2, 0.25) is 11.8 Å². The average Bonchev–Trinajstić information content (AvgIpc) is 2.67. The molecule has 0 aromatic carbocycles. The fraction of sp³-hybridized carbons (Fsp3) is 0.778. The van der Waals surface area contributed by atoms with Gasteiger partial charge in [-0.1, -0.05) is 0 Å². The van der Waals surface area contributed by atoms with E-state index in [1.54, 1.807) is 0 Å². The second-order valence-corrected chi connectivity index (χ2v) is 4.26. The average molecular weight is 197 g/mol. The SMILES string of the molecule is CN(C)CCN1C(=O)C2C(N)C2C1=O. The number of carbonyl (C=O) groups is 2. The Morgan fingerprint density at radius 1 is 1.29 bits per heavy atom. The lowest BCUT2D eigenvalue weighted by Crippen LogP contribution is -2.41. The molecular formula is C9H15N3O2. The van der Waals surface area contributed by atoms with Crippen LogP contribution in [0, 0.1) is 11.8 Å². The number of rotatable bonds is 3. The second kappa shape index (κ2) is 3.03. The highest BCUT2D eigenvalue weighted by Crippen LogP contribution is 2.45. The van der Waals surface area contributed by atoms with Gasteiger partial charge < -0.3 is 10.6 Å². The lowest BCUT2D eigenvalue weighted by atomic mass is 10.3. The van der Waals surface area contributed by atoms with E-state index in [2.05, 4.69) is 0 Å². The molecule has 5 nitrogen and oxygen atoms in total. The number of nitrogens with zero attached hydrogens (tertiary/aromatic N) is 2. The molecule has 2 fully saturated rings. The summed E-state index contributed by atoms with van der Waals surface area (Å²) in [6.45, 7) is 1.20. The Morgan fingerprint density at radius 2 is 1.79 bits per heavy atom. The number of fused-ring (bicyclic) bond motifs is 1. The summed E-state index contributed by atoms with van der Waals surface area (Å²) >= 11 is 0. The number of nitrogens with two attached hydrogens (primary N) is 1. The summed E-state index contributed by atoms with van der Waals surface area (Å²) in [5.74, 6) is -0.557. The Hall–Kier alpha value is -0.940. The molecule has 2 atom stereocenters. The molecular weight excluding hydrogens is 182 g/mol. The molecule has 1 saturated heterocycles.